The molecule has 1 aromatic carbocycles. The van der Waals surface area contributed by atoms with Crippen LogP contribution in [0.3, 0.4) is 0 Å². The van der Waals surface area contributed by atoms with Crippen LogP contribution < -0.4 is 0 Å². The van der Waals surface area contributed by atoms with Gasteiger partial charge in [-0.25, -0.2) is 0 Å². The summed E-state index contributed by atoms with van der Waals surface area (Å²) < 4.78 is 0. The third-order valence-corrected chi connectivity index (χ3v) is 3.20. The van der Waals surface area contributed by atoms with Crippen LogP contribution in [0.25, 0.3) is 21.9 Å². The molecule has 0 saturated heterocycles. The molecule has 0 bridgehead atoms. The van der Waals surface area contributed by atoms with Gasteiger partial charge in [0.1, 0.15) is 0 Å². The molecular weight excluding hydrogens is 202 g/mol. The normalized spacial score (nSPS) is 10.7. The van der Waals surface area contributed by atoms with Crippen molar-refractivity contribution in [1.82, 2.24) is 4.98 Å². The molecule has 0 atom stereocenters. The molecule has 0 aliphatic heterocycles. The summed E-state index contributed by atoms with van der Waals surface area (Å²) in [5.41, 5.74) is 2.54. The number of hydrogen-bond donors (Lipinski definition) is 0. The van der Waals surface area contributed by atoms with Crippen LogP contribution in [0.15, 0.2) is 53.5 Å². The van der Waals surface area contributed by atoms with E-state index in [4.69, 9.17) is 0 Å². The second kappa shape index (κ2) is 3.48. The van der Waals surface area contributed by atoms with Gasteiger partial charge in [0.05, 0.1) is 0 Å². The van der Waals surface area contributed by atoms with Gasteiger partial charge in [-0.1, -0.05) is 18.2 Å². The fourth-order valence-electron chi connectivity index (χ4n) is 1.78. The minimum absolute atomic E-state index is 1.22. The molecule has 0 fully saturated rings. The second-order valence-corrected chi connectivity index (χ2v) is 4.19. The summed E-state index contributed by atoms with van der Waals surface area (Å²) in [7, 11) is 0. The summed E-state index contributed by atoms with van der Waals surface area (Å²) in [5, 5.41) is 6.74. The van der Waals surface area contributed by atoms with E-state index >= 15 is 0 Å². The summed E-state index contributed by atoms with van der Waals surface area (Å²) in [4.78, 5) is 4.19. The van der Waals surface area contributed by atoms with Crippen molar-refractivity contribution in [3.8, 4) is 11.1 Å². The molecule has 0 N–H and O–H groups in total. The summed E-state index contributed by atoms with van der Waals surface area (Å²) in [5.74, 6) is 0. The Morgan fingerprint density at radius 1 is 1.07 bits per heavy atom. The molecule has 15 heavy (non-hydrogen) atoms. The molecule has 2 aromatic heterocycles. The summed E-state index contributed by atoms with van der Waals surface area (Å²) >= 11 is 1.72. The standard InChI is InChI=1S/C13H9NS/c1-2-10-4-6-14-8-13(10)12(3-1)11-5-7-15-9-11/h1-9H. The van der Waals surface area contributed by atoms with Crippen molar-refractivity contribution in [1.29, 1.82) is 0 Å². The van der Waals surface area contributed by atoms with Gasteiger partial charge in [0.25, 0.3) is 0 Å². The van der Waals surface area contributed by atoms with Crippen molar-refractivity contribution in [3.63, 3.8) is 0 Å². The first kappa shape index (κ1) is 8.62. The van der Waals surface area contributed by atoms with Crippen LogP contribution in [0.4, 0.5) is 0 Å². The van der Waals surface area contributed by atoms with Gasteiger partial charge < -0.3 is 0 Å². The highest BCUT2D eigenvalue weighted by molar-refractivity contribution is 7.08. The number of hydrogen-bond acceptors (Lipinski definition) is 2. The topological polar surface area (TPSA) is 12.9 Å². The molecule has 0 spiro atoms. The van der Waals surface area contributed by atoms with Gasteiger partial charge in [-0.3, -0.25) is 4.98 Å². The van der Waals surface area contributed by atoms with Crippen molar-refractivity contribution in [2.24, 2.45) is 0 Å². The van der Waals surface area contributed by atoms with Crippen molar-refractivity contribution >= 4 is 22.1 Å². The number of thiophene rings is 1. The highest BCUT2D eigenvalue weighted by Gasteiger charge is 2.02. The van der Waals surface area contributed by atoms with E-state index in [1.807, 2.05) is 18.5 Å². The fourth-order valence-corrected chi connectivity index (χ4v) is 2.44. The number of fused-ring (bicyclic) bond motifs is 1. The molecule has 0 unspecified atom stereocenters. The van der Waals surface area contributed by atoms with E-state index in [0.717, 1.165) is 0 Å². The molecule has 0 saturated carbocycles. The van der Waals surface area contributed by atoms with Crippen molar-refractivity contribution in [2.75, 3.05) is 0 Å². The zero-order valence-electron chi connectivity index (χ0n) is 8.05. The van der Waals surface area contributed by atoms with E-state index in [0.29, 0.717) is 0 Å². The van der Waals surface area contributed by atoms with Crippen LogP contribution in [0.2, 0.25) is 0 Å². The zero-order valence-corrected chi connectivity index (χ0v) is 8.87. The minimum atomic E-state index is 1.22. The predicted molar refractivity (Wildman–Crippen MR) is 65.1 cm³/mol. The Hall–Kier alpha value is -1.67. The first-order valence-corrected chi connectivity index (χ1v) is 5.75. The number of aromatic nitrogens is 1. The van der Waals surface area contributed by atoms with Gasteiger partial charge in [0.15, 0.2) is 0 Å². The molecule has 0 radical (unpaired) electrons. The molecule has 0 aliphatic carbocycles. The van der Waals surface area contributed by atoms with E-state index in [-0.39, 0.29) is 0 Å². The molecular formula is C13H9NS. The lowest BCUT2D eigenvalue weighted by molar-refractivity contribution is 1.36. The van der Waals surface area contributed by atoms with Gasteiger partial charge in [-0.05, 0) is 39.4 Å². The van der Waals surface area contributed by atoms with Crippen LogP contribution in [-0.4, -0.2) is 4.98 Å². The highest BCUT2D eigenvalue weighted by atomic mass is 32.1. The van der Waals surface area contributed by atoms with E-state index < -0.39 is 0 Å². The van der Waals surface area contributed by atoms with Crippen LogP contribution in [-0.2, 0) is 0 Å². The van der Waals surface area contributed by atoms with E-state index in [2.05, 4.69) is 40.0 Å². The Morgan fingerprint density at radius 2 is 2.07 bits per heavy atom. The third-order valence-electron chi connectivity index (χ3n) is 2.52. The Bertz CT molecular complexity index is 579. The minimum Gasteiger partial charge on any atom is -0.264 e. The Balaban J connectivity index is 2.36. The largest absolute Gasteiger partial charge is 0.264 e. The average molecular weight is 211 g/mol. The van der Waals surface area contributed by atoms with Gasteiger partial charge in [-0.2, -0.15) is 11.3 Å². The fraction of sp³-hybridized carbons (Fsp3) is 0. The molecule has 0 amide bonds. The van der Waals surface area contributed by atoms with Crippen LogP contribution >= 0.6 is 11.3 Å². The second-order valence-electron chi connectivity index (χ2n) is 3.41. The van der Waals surface area contributed by atoms with Gasteiger partial charge in [-0.15, -0.1) is 0 Å². The van der Waals surface area contributed by atoms with E-state index in [1.54, 1.807) is 11.3 Å². The maximum atomic E-state index is 4.19. The Morgan fingerprint density at radius 3 is 2.93 bits per heavy atom. The van der Waals surface area contributed by atoms with Crippen molar-refractivity contribution in [2.45, 2.75) is 0 Å². The van der Waals surface area contributed by atoms with Gasteiger partial charge in [0, 0.05) is 17.8 Å². The lowest BCUT2D eigenvalue weighted by Crippen LogP contribution is -1.79. The first-order valence-electron chi connectivity index (χ1n) is 4.80. The quantitative estimate of drug-likeness (QED) is 0.593. The van der Waals surface area contributed by atoms with Crippen LogP contribution in [0.5, 0.6) is 0 Å². The summed E-state index contributed by atoms with van der Waals surface area (Å²) in [6, 6.07) is 10.5. The van der Waals surface area contributed by atoms with Crippen LogP contribution in [0.1, 0.15) is 0 Å². The first-order chi connectivity index (χ1) is 7.45. The average Bonchev–Trinajstić information content (AvgIpc) is 2.82. The van der Waals surface area contributed by atoms with Crippen LogP contribution in [0, 0.1) is 0 Å². The number of pyridine rings is 1. The smallest absolute Gasteiger partial charge is 0.0352 e. The van der Waals surface area contributed by atoms with Crippen molar-refractivity contribution in [3.05, 3.63) is 53.5 Å². The molecule has 0 aliphatic rings. The van der Waals surface area contributed by atoms with E-state index in [1.165, 1.54) is 21.9 Å². The maximum absolute atomic E-state index is 4.19. The van der Waals surface area contributed by atoms with Gasteiger partial charge >= 0.3 is 0 Å². The summed E-state index contributed by atoms with van der Waals surface area (Å²) in [6.07, 6.45) is 3.77. The monoisotopic (exact) mass is 211 g/mol. The number of nitrogens with zero attached hydrogens (tertiary/aromatic N) is 1. The maximum Gasteiger partial charge on any atom is 0.0352 e. The summed E-state index contributed by atoms with van der Waals surface area (Å²) in [6.45, 7) is 0. The zero-order chi connectivity index (χ0) is 10.1. The number of benzene rings is 1. The Labute approximate surface area is 92.0 Å². The molecule has 3 aromatic rings. The number of rotatable bonds is 1. The highest BCUT2D eigenvalue weighted by Crippen LogP contribution is 2.29. The van der Waals surface area contributed by atoms with Crippen molar-refractivity contribution < 1.29 is 0 Å². The molecule has 1 nitrogen and oxygen atoms in total. The Kier molecular flexibility index (Phi) is 2.00. The third kappa shape index (κ3) is 1.43. The van der Waals surface area contributed by atoms with Gasteiger partial charge in [0.2, 0.25) is 0 Å². The lowest BCUT2D eigenvalue weighted by atomic mass is 10.0. The lowest BCUT2D eigenvalue weighted by Gasteiger charge is -2.03. The van der Waals surface area contributed by atoms with E-state index in [9.17, 15) is 0 Å². The molecule has 72 valence electrons. The predicted octanol–water partition coefficient (Wildman–Crippen LogP) is 3.96. The molecule has 3 rings (SSSR count). The molecule has 2 heterocycles. The molecule has 2 heteroatoms. The SMILES string of the molecule is c1cc(-c2ccsc2)c2cnccc2c1.